The fraction of sp³-hybridized carbons (Fsp3) is 0. The number of hydrogen-bond donors (Lipinski definition) is 0. The zero-order chi connectivity index (χ0) is 15.8. The van der Waals surface area contributed by atoms with Gasteiger partial charge in [0.1, 0.15) is 6.29 Å². The largest absolute Gasteiger partial charge is 0.298 e. The third-order valence-electron chi connectivity index (χ3n) is 3.82. The van der Waals surface area contributed by atoms with Crippen molar-refractivity contribution in [3.05, 3.63) is 65.9 Å². The van der Waals surface area contributed by atoms with Gasteiger partial charge in [0.2, 0.25) is 0 Å². The maximum absolute atomic E-state index is 11.1. The van der Waals surface area contributed by atoms with Crippen LogP contribution < -0.4 is 0 Å². The number of nitriles is 1. The fourth-order valence-electron chi connectivity index (χ4n) is 2.69. The number of hydrogen-bond acceptors (Lipinski definition) is 4. The van der Waals surface area contributed by atoms with E-state index in [1.807, 2.05) is 36.4 Å². The van der Waals surface area contributed by atoms with Gasteiger partial charge >= 0.3 is 0 Å². The van der Waals surface area contributed by atoms with E-state index < -0.39 is 0 Å². The summed E-state index contributed by atoms with van der Waals surface area (Å²) in [6.07, 6.45) is 2.63. The van der Waals surface area contributed by atoms with Crippen molar-refractivity contribution < 1.29 is 4.79 Å². The number of pyridine rings is 1. The average Bonchev–Trinajstić information content (AvgIpc) is 3.03. The Morgan fingerprint density at radius 2 is 2.00 bits per heavy atom. The minimum atomic E-state index is 0.639. The lowest BCUT2D eigenvalue weighted by molar-refractivity contribution is 0.112. The molecule has 0 atom stereocenters. The van der Waals surface area contributed by atoms with Crippen LogP contribution in [0.2, 0.25) is 0 Å². The molecule has 0 amide bonds. The molecule has 0 spiro atoms. The molecule has 0 fully saturated rings. The van der Waals surface area contributed by atoms with Crippen molar-refractivity contribution in [1.82, 2.24) is 4.98 Å². The first kappa shape index (κ1) is 13.6. The summed E-state index contributed by atoms with van der Waals surface area (Å²) in [6.45, 7) is 0. The van der Waals surface area contributed by atoms with Crippen LogP contribution in [0.25, 0.3) is 31.4 Å². The van der Waals surface area contributed by atoms with Gasteiger partial charge in [-0.15, -0.1) is 11.3 Å². The predicted molar refractivity (Wildman–Crippen MR) is 92.7 cm³/mol. The topological polar surface area (TPSA) is 53.8 Å². The van der Waals surface area contributed by atoms with Gasteiger partial charge in [0.15, 0.2) is 0 Å². The van der Waals surface area contributed by atoms with Gasteiger partial charge in [0.05, 0.1) is 17.1 Å². The molecule has 4 aromatic rings. The third kappa shape index (κ3) is 2.28. The van der Waals surface area contributed by atoms with Crippen LogP contribution >= 0.6 is 11.3 Å². The normalized spacial score (nSPS) is 10.7. The van der Waals surface area contributed by atoms with E-state index in [4.69, 9.17) is 5.26 Å². The van der Waals surface area contributed by atoms with E-state index in [0.717, 1.165) is 37.7 Å². The van der Waals surface area contributed by atoms with Crippen LogP contribution in [0.3, 0.4) is 0 Å². The van der Waals surface area contributed by atoms with E-state index in [9.17, 15) is 4.79 Å². The second-order valence-electron chi connectivity index (χ2n) is 5.23. The summed E-state index contributed by atoms with van der Waals surface area (Å²) in [5.74, 6) is 0. The third-order valence-corrected chi connectivity index (χ3v) is 4.95. The Bertz CT molecular complexity index is 1110. The zero-order valence-corrected chi connectivity index (χ0v) is 12.8. The lowest BCUT2D eigenvalue weighted by Crippen LogP contribution is -1.85. The molecule has 0 bridgehead atoms. The number of thiophene rings is 1. The maximum atomic E-state index is 11.1. The molecule has 0 aliphatic rings. The van der Waals surface area contributed by atoms with Gasteiger partial charge in [-0.2, -0.15) is 5.26 Å². The molecule has 23 heavy (non-hydrogen) atoms. The molecule has 0 aliphatic carbocycles. The second-order valence-corrected chi connectivity index (χ2v) is 6.31. The number of rotatable bonds is 2. The zero-order valence-electron chi connectivity index (χ0n) is 12.0. The quantitative estimate of drug-likeness (QED) is 0.499. The summed E-state index contributed by atoms with van der Waals surface area (Å²) >= 11 is 1.64. The molecule has 0 unspecified atom stereocenters. The van der Waals surface area contributed by atoms with Gasteiger partial charge in [-0.05, 0) is 47.9 Å². The molecule has 0 N–H and O–H groups in total. The van der Waals surface area contributed by atoms with E-state index in [-0.39, 0.29) is 0 Å². The summed E-state index contributed by atoms with van der Waals surface area (Å²) in [5.41, 5.74) is 3.22. The smallest absolute Gasteiger partial charge is 0.150 e. The summed E-state index contributed by atoms with van der Waals surface area (Å²) in [5, 5.41) is 11.1. The Morgan fingerprint density at radius 3 is 2.83 bits per heavy atom. The van der Waals surface area contributed by atoms with E-state index >= 15 is 0 Å². The summed E-state index contributed by atoms with van der Waals surface area (Å²) in [7, 11) is 0. The van der Waals surface area contributed by atoms with Crippen molar-refractivity contribution in [2.24, 2.45) is 0 Å². The number of aromatic nitrogens is 1. The lowest BCUT2D eigenvalue weighted by atomic mass is 10.0. The Kier molecular flexibility index (Phi) is 3.14. The van der Waals surface area contributed by atoms with Gasteiger partial charge in [-0.3, -0.25) is 9.78 Å². The molecule has 0 saturated heterocycles. The molecule has 108 valence electrons. The van der Waals surface area contributed by atoms with Crippen molar-refractivity contribution in [2.75, 3.05) is 0 Å². The number of benzene rings is 2. The molecule has 4 rings (SSSR count). The minimum Gasteiger partial charge on any atom is -0.298 e. The van der Waals surface area contributed by atoms with Gasteiger partial charge in [-0.1, -0.05) is 6.07 Å². The average molecular weight is 314 g/mol. The second kappa shape index (κ2) is 5.31. The SMILES string of the molecule is N#Cc1ccc2cc(-c3ccnc4ccc(C=O)cc34)sc2c1. The lowest BCUT2D eigenvalue weighted by Gasteiger charge is -2.04. The Morgan fingerprint density at radius 1 is 1.09 bits per heavy atom. The van der Waals surface area contributed by atoms with Gasteiger partial charge in [0.25, 0.3) is 0 Å². The van der Waals surface area contributed by atoms with E-state index in [1.165, 1.54) is 0 Å². The highest BCUT2D eigenvalue weighted by atomic mass is 32.1. The fourth-order valence-corrected chi connectivity index (χ4v) is 3.83. The van der Waals surface area contributed by atoms with Crippen molar-refractivity contribution in [3.63, 3.8) is 0 Å². The van der Waals surface area contributed by atoms with Crippen LogP contribution in [0, 0.1) is 11.3 Å². The Hall–Kier alpha value is -3.03. The van der Waals surface area contributed by atoms with Crippen LogP contribution in [-0.2, 0) is 0 Å². The predicted octanol–water partition coefficient (Wildman–Crippen LogP) is 4.80. The molecular weight excluding hydrogens is 304 g/mol. The number of fused-ring (bicyclic) bond motifs is 2. The molecule has 4 heteroatoms. The van der Waals surface area contributed by atoms with Crippen LogP contribution in [0.1, 0.15) is 15.9 Å². The monoisotopic (exact) mass is 314 g/mol. The Balaban J connectivity index is 1.98. The van der Waals surface area contributed by atoms with E-state index in [2.05, 4.69) is 17.1 Å². The highest BCUT2D eigenvalue weighted by molar-refractivity contribution is 7.22. The van der Waals surface area contributed by atoms with E-state index in [1.54, 1.807) is 23.6 Å². The number of carbonyl (C=O) groups is 1. The van der Waals surface area contributed by atoms with Crippen LogP contribution in [-0.4, -0.2) is 11.3 Å². The standard InChI is InChI=1S/C19H10N2OS/c20-10-12-1-3-14-9-19(23-18(14)8-12)15-5-6-21-17-4-2-13(11-22)7-16(15)17/h1-9,11H. The first-order chi connectivity index (χ1) is 11.3. The molecule has 3 nitrogen and oxygen atoms in total. The number of nitrogens with zero attached hydrogens (tertiary/aromatic N) is 2. The molecular formula is C19H10N2OS. The molecule has 2 aromatic carbocycles. The van der Waals surface area contributed by atoms with Gasteiger partial charge in [-0.25, -0.2) is 0 Å². The van der Waals surface area contributed by atoms with E-state index in [0.29, 0.717) is 11.1 Å². The van der Waals surface area contributed by atoms with Crippen LogP contribution in [0.5, 0.6) is 0 Å². The molecule has 0 aliphatic heterocycles. The molecule has 2 heterocycles. The molecule has 0 radical (unpaired) electrons. The van der Waals surface area contributed by atoms with Crippen LogP contribution in [0.4, 0.5) is 0 Å². The van der Waals surface area contributed by atoms with Crippen LogP contribution in [0.15, 0.2) is 54.7 Å². The Labute approximate surface area is 136 Å². The first-order valence-corrected chi connectivity index (χ1v) is 7.88. The van der Waals surface area contributed by atoms with Crippen molar-refractivity contribution in [1.29, 1.82) is 5.26 Å². The first-order valence-electron chi connectivity index (χ1n) is 7.06. The number of aldehydes is 1. The minimum absolute atomic E-state index is 0.639. The van der Waals surface area contributed by atoms with Crippen molar-refractivity contribution in [2.45, 2.75) is 0 Å². The molecule has 0 saturated carbocycles. The highest BCUT2D eigenvalue weighted by Crippen LogP contribution is 2.37. The maximum Gasteiger partial charge on any atom is 0.150 e. The summed E-state index contributed by atoms with van der Waals surface area (Å²) in [6, 6.07) is 17.5. The summed E-state index contributed by atoms with van der Waals surface area (Å²) < 4.78 is 1.08. The van der Waals surface area contributed by atoms with Gasteiger partial charge in [0, 0.05) is 32.3 Å². The summed E-state index contributed by atoms with van der Waals surface area (Å²) in [4.78, 5) is 16.5. The van der Waals surface area contributed by atoms with Crippen molar-refractivity contribution >= 4 is 38.6 Å². The molecule has 2 aromatic heterocycles. The van der Waals surface area contributed by atoms with Crippen molar-refractivity contribution in [3.8, 4) is 16.5 Å². The number of carbonyl (C=O) groups excluding carboxylic acids is 1. The highest BCUT2D eigenvalue weighted by Gasteiger charge is 2.09. The van der Waals surface area contributed by atoms with Gasteiger partial charge < -0.3 is 0 Å².